The quantitative estimate of drug-likeness (QED) is 0.146. The van der Waals surface area contributed by atoms with E-state index in [0.717, 1.165) is 32.5 Å². The van der Waals surface area contributed by atoms with E-state index in [1.165, 1.54) is 23.7 Å². The molecule has 0 spiro atoms. The third-order valence-electron chi connectivity index (χ3n) is 4.90. The number of thioether (sulfide) groups is 1. The zero-order valence-electron chi connectivity index (χ0n) is 20.4. The summed E-state index contributed by atoms with van der Waals surface area (Å²) in [5.74, 6) is 3.18. The summed E-state index contributed by atoms with van der Waals surface area (Å²) in [6, 6.07) is 11.2. The number of nitrogens with zero attached hydrogens (tertiary/aromatic N) is 5. The van der Waals surface area contributed by atoms with Gasteiger partial charge < -0.3 is 20.8 Å². The molecule has 15 heteroatoms. The summed E-state index contributed by atoms with van der Waals surface area (Å²) in [5, 5.41) is 2.27. The Labute approximate surface area is 224 Å². The molecule has 1 aromatic carbocycles. The highest BCUT2D eigenvalue weighted by Crippen LogP contribution is 2.29. The van der Waals surface area contributed by atoms with Crippen LogP contribution in [0.25, 0.3) is 11.3 Å². The molecule has 12 nitrogen and oxygen atoms in total. The highest BCUT2D eigenvalue weighted by molar-refractivity contribution is 7.98. The van der Waals surface area contributed by atoms with Crippen LogP contribution in [0.3, 0.4) is 0 Å². The molecule has 2 aromatic heterocycles. The molecule has 198 valence electrons. The average molecular weight is 564 g/mol. The number of nitrogens with two attached hydrogens (primary N) is 2. The third kappa shape index (κ3) is 7.17. The maximum atomic E-state index is 12.9. The van der Waals surface area contributed by atoms with E-state index in [9.17, 15) is 8.42 Å². The summed E-state index contributed by atoms with van der Waals surface area (Å²) in [4.78, 5) is 10.4. The van der Waals surface area contributed by atoms with Gasteiger partial charge in [0, 0.05) is 23.2 Å². The predicted octanol–water partition coefficient (Wildman–Crippen LogP) is 2.47. The maximum Gasteiger partial charge on any atom is 0.356 e. The van der Waals surface area contributed by atoms with Crippen molar-refractivity contribution in [3.8, 4) is 11.3 Å². The van der Waals surface area contributed by atoms with Crippen LogP contribution in [0, 0.1) is 0 Å². The fraction of sp³-hybridized carbons (Fsp3) is 0.273. The molecule has 0 saturated heterocycles. The average Bonchev–Trinajstić information content (AvgIpc) is 3.54. The predicted molar refractivity (Wildman–Crippen MR) is 149 cm³/mol. The second kappa shape index (κ2) is 11.9. The summed E-state index contributed by atoms with van der Waals surface area (Å²) in [5.41, 5.74) is 18.7. The van der Waals surface area contributed by atoms with Crippen LogP contribution in [0.5, 0.6) is 0 Å². The van der Waals surface area contributed by atoms with Gasteiger partial charge in [-0.3, -0.25) is 5.43 Å². The summed E-state index contributed by atoms with van der Waals surface area (Å²) in [7, 11) is 0.166. The Hall–Kier alpha value is -3.24. The fourth-order valence-electron chi connectivity index (χ4n) is 3.33. The van der Waals surface area contributed by atoms with E-state index in [2.05, 4.69) is 20.8 Å². The van der Waals surface area contributed by atoms with Gasteiger partial charge in [0.1, 0.15) is 11.5 Å². The molecule has 0 amide bonds. The molecule has 3 aromatic rings. The van der Waals surface area contributed by atoms with Crippen molar-refractivity contribution in [3.05, 3.63) is 65.7 Å². The second-order valence-electron chi connectivity index (χ2n) is 8.21. The lowest BCUT2D eigenvalue weighted by Crippen LogP contribution is -2.43. The number of anilines is 1. The molecule has 4 rings (SSSR count). The minimum absolute atomic E-state index is 0.0640. The van der Waals surface area contributed by atoms with E-state index >= 15 is 0 Å². The van der Waals surface area contributed by atoms with Gasteiger partial charge in [-0.15, -0.1) is 11.3 Å². The van der Waals surface area contributed by atoms with E-state index < -0.39 is 10.2 Å². The van der Waals surface area contributed by atoms with E-state index in [4.69, 9.17) is 15.9 Å². The summed E-state index contributed by atoms with van der Waals surface area (Å²) >= 11 is 2.96. The minimum atomic E-state index is -3.82. The lowest BCUT2D eigenvalue weighted by Gasteiger charge is -2.22. The van der Waals surface area contributed by atoms with E-state index in [1.807, 2.05) is 42.6 Å². The molecule has 0 fully saturated rings. The number of hydrogen-bond acceptors (Lipinski definition) is 10. The minimum Gasteiger partial charge on any atom is -0.464 e. The molecule has 3 heterocycles. The molecule has 0 saturated carbocycles. The SMILES string of the molecule is CN(C)Cc1ccc(CSCCNN2C=CN(Nc3cccc(-c4csc(N=C(N)N)n4)c3)S2(=O)=O)o1. The van der Waals surface area contributed by atoms with Gasteiger partial charge in [0.15, 0.2) is 5.96 Å². The van der Waals surface area contributed by atoms with Gasteiger partial charge in [0.25, 0.3) is 0 Å². The van der Waals surface area contributed by atoms with Crippen LogP contribution in [0.15, 0.2) is 63.6 Å². The molecule has 1 aliphatic heterocycles. The van der Waals surface area contributed by atoms with Crippen molar-refractivity contribution in [3.63, 3.8) is 0 Å². The van der Waals surface area contributed by atoms with Crippen LogP contribution in [-0.2, 0) is 22.5 Å². The fourth-order valence-corrected chi connectivity index (χ4v) is 5.86. The Balaban J connectivity index is 1.26. The number of rotatable bonds is 12. The van der Waals surface area contributed by atoms with Crippen molar-refractivity contribution >= 4 is 50.1 Å². The van der Waals surface area contributed by atoms with Crippen LogP contribution < -0.4 is 22.3 Å². The molecule has 0 atom stereocenters. The molecule has 0 radical (unpaired) electrons. The number of furan rings is 1. The van der Waals surface area contributed by atoms with Gasteiger partial charge in [-0.2, -0.15) is 34.0 Å². The number of benzene rings is 1. The van der Waals surface area contributed by atoms with Gasteiger partial charge >= 0.3 is 10.2 Å². The standard InChI is InChI=1S/C22H29N9O3S3/c1-29(2)13-18-6-7-19(34-18)14-35-11-8-25-30-9-10-31(37(30,32)33)28-17-5-3-4-16(12-17)20-15-36-22(26-20)27-21(23)24/h3-7,9-10,12,15,25,28H,8,11,13-14H2,1-2H3,(H4,23,24,26,27). The van der Waals surface area contributed by atoms with Crippen molar-refractivity contribution in [2.45, 2.75) is 12.3 Å². The summed E-state index contributed by atoms with van der Waals surface area (Å²) in [6.45, 7) is 1.22. The van der Waals surface area contributed by atoms with Crippen molar-refractivity contribution in [2.75, 3.05) is 31.8 Å². The first kappa shape index (κ1) is 26.8. The molecule has 0 unspecified atom stereocenters. The Morgan fingerprint density at radius 1 is 1.19 bits per heavy atom. The molecule has 37 heavy (non-hydrogen) atoms. The third-order valence-corrected chi connectivity index (χ3v) is 8.07. The molecular weight excluding hydrogens is 535 g/mol. The van der Waals surface area contributed by atoms with Crippen LogP contribution >= 0.6 is 23.1 Å². The highest BCUT2D eigenvalue weighted by Gasteiger charge is 2.31. The van der Waals surface area contributed by atoms with Gasteiger partial charge in [-0.05, 0) is 38.4 Å². The van der Waals surface area contributed by atoms with Gasteiger partial charge in [0.05, 0.1) is 36.1 Å². The Morgan fingerprint density at radius 2 is 1.97 bits per heavy atom. The summed E-state index contributed by atoms with van der Waals surface area (Å²) in [6.07, 6.45) is 2.90. The number of aromatic nitrogens is 1. The van der Waals surface area contributed by atoms with Gasteiger partial charge in [-0.1, -0.05) is 12.1 Å². The zero-order valence-corrected chi connectivity index (χ0v) is 22.8. The second-order valence-corrected chi connectivity index (χ2v) is 11.8. The smallest absolute Gasteiger partial charge is 0.356 e. The highest BCUT2D eigenvalue weighted by atomic mass is 32.2. The van der Waals surface area contributed by atoms with Crippen molar-refractivity contribution in [1.82, 2.24) is 24.1 Å². The van der Waals surface area contributed by atoms with E-state index in [1.54, 1.807) is 30.0 Å². The number of hydrogen-bond donors (Lipinski definition) is 4. The first-order valence-electron chi connectivity index (χ1n) is 11.2. The summed E-state index contributed by atoms with van der Waals surface area (Å²) < 4.78 is 33.8. The maximum absolute atomic E-state index is 12.9. The van der Waals surface area contributed by atoms with E-state index in [0.29, 0.717) is 34.6 Å². The van der Waals surface area contributed by atoms with Gasteiger partial charge in [-0.25, -0.2) is 10.4 Å². The topological polar surface area (TPSA) is 158 Å². The van der Waals surface area contributed by atoms with Crippen LogP contribution in [0.2, 0.25) is 0 Å². The van der Waals surface area contributed by atoms with Crippen molar-refractivity contribution in [1.29, 1.82) is 0 Å². The van der Waals surface area contributed by atoms with Crippen molar-refractivity contribution < 1.29 is 12.8 Å². The number of aliphatic imine (C=N–C) groups is 1. The Morgan fingerprint density at radius 3 is 2.76 bits per heavy atom. The van der Waals surface area contributed by atoms with Gasteiger partial charge in [0.2, 0.25) is 5.13 Å². The lowest BCUT2D eigenvalue weighted by molar-refractivity contribution is 0.344. The molecule has 1 aliphatic rings. The number of nitrogens with one attached hydrogen (secondary N) is 2. The largest absolute Gasteiger partial charge is 0.464 e. The molecule has 0 bridgehead atoms. The molecule has 6 N–H and O–H groups in total. The lowest BCUT2D eigenvalue weighted by atomic mass is 10.1. The van der Waals surface area contributed by atoms with E-state index in [-0.39, 0.29) is 5.96 Å². The zero-order chi connectivity index (χ0) is 26.4. The number of hydrazine groups is 2. The van der Waals surface area contributed by atoms with Crippen molar-refractivity contribution in [2.24, 2.45) is 16.5 Å². The normalized spacial score (nSPS) is 14.5. The number of thiazole rings is 1. The molecule has 0 aliphatic carbocycles. The first-order chi connectivity index (χ1) is 17.7. The van der Waals surface area contributed by atoms with Crippen LogP contribution in [0.1, 0.15) is 11.5 Å². The first-order valence-corrected chi connectivity index (χ1v) is 14.6. The Bertz CT molecular complexity index is 1360. The molecular formula is C22H29N9O3S3. The monoisotopic (exact) mass is 563 g/mol. The number of guanidine groups is 1. The van der Waals surface area contributed by atoms with Crippen LogP contribution in [0.4, 0.5) is 10.8 Å². The Kier molecular flexibility index (Phi) is 8.60. The van der Waals surface area contributed by atoms with Crippen LogP contribution in [-0.4, -0.2) is 59.5 Å².